The van der Waals surface area contributed by atoms with Crippen LogP contribution in [0.3, 0.4) is 0 Å². The van der Waals surface area contributed by atoms with Crippen molar-refractivity contribution < 1.29 is 13.9 Å². The predicted molar refractivity (Wildman–Crippen MR) is 113 cm³/mol. The lowest BCUT2D eigenvalue weighted by molar-refractivity contribution is 0.354. The average Bonchev–Trinajstić information content (AvgIpc) is 2.99. The van der Waals surface area contributed by atoms with E-state index >= 15 is 0 Å². The van der Waals surface area contributed by atoms with E-state index in [2.05, 4.69) is 21.1 Å². The first-order valence-electron chi connectivity index (χ1n) is 9.42. The van der Waals surface area contributed by atoms with Gasteiger partial charge in [-0.05, 0) is 54.3 Å². The van der Waals surface area contributed by atoms with Crippen molar-refractivity contribution in [2.24, 2.45) is 4.99 Å². The van der Waals surface area contributed by atoms with Crippen LogP contribution in [0.25, 0.3) is 17.3 Å². The fraction of sp³-hybridized carbons (Fsp3) is 0.217. The highest BCUT2D eigenvalue weighted by atomic mass is 19.1. The van der Waals surface area contributed by atoms with Crippen LogP contribution in [0.4, 0.5) is 10.3 Å². The Bertz CT molecular complexity index is 1080. The Morgan fingerprint density at radius 1 is 1.14 bits per heavy atom. The third-order valence-corrected chi connectivity index (χ3v) is 5.06. The number of aryl methyl sites for hydroxylation is 1. The normalized spacial score (nSPS) is 12.9. The second-order valence-corrected chi connectivity index (χ2v) is 6.78. The first-order chi connectivity index (χ1) is 14.1. The summed E-state index contributed by atoms with van der Waals surface area (Å²) < 4.78 is 26.2. The van der Waals surface area contributed by atoms with Gasteiger partial charge in [-0.25, -0.2) is 14.4 Å². The van der Waals surface area contributed by atoms with Crippen molar-refractivity contribution in [3.05, 3.63) is 65.6 Å². The Morgan fingerprint density at radius 3 is 2.55 bits per heavy atom. The summed E-state index contributed by atoms with van der Waals surface area (Å²) >= 11 is 0. The van der Waals surface area contributed by atoms with Crippen molar-refractivity contribution in [3.8, 4) is 22.8 Å². The molecule has 29 heavy (non-hydrogen) atoms. The van der Waals surface area contributed by atoms with Crippen LogP contribution >= 0.6 is 0 Å². The molecule has 0 radical (unpaired) electrons. The van der Waals surface area contributed by atoms with Crippen LogP contribution in [0.1, 0.15) is 23.2 Å². The fourth-order valence-corrected chi connectivity index (χ4v) is 3.65. The van der Waals surface area contributed by atoms with Crippen molar-refractivity contribution in [2.75, 3.05) is 14.2 Å². The van der Waals surface area contributed by atoms with Gasteiger partial charge < -0.3 is 14.0 Å². The molecule has 3 aromatic rings. The first-order valence-corrected chi connectivity index (χ1v) is 9.42. The Hall–Kier alpha value is -3.41. The molecule has 0 unspecified atom stereocenters. The van der Waals surface area contributed by atoms with Crippen LogP contribution in [0.15, 0.2) is 48.0 Å². The van der Waals surface area contributed by atoms with Crippen molar-refractivity contribution in [1.82, 2.24) is 9.55 Å². The predicted octanol–water partition coefficient (Wildman–Crippen LogP) is 5.05. The molecule has 1 aromatic heterocycles. The third-order valence-electron chi connectivity index (χ3n) is 5.06. The maximum Gasteiger partial charge on any atom is 0.230 e. The average molecular weight is 391 g/mol. The Balaban J connectivity index is 1.83. The minimum atomic E-state index is -0.272. The van der Waals surface area contributed by atoms with Gasteiger partial charge in [0.2, 0.25) is 5.95 Å². The molecule has 0 bridgehead atoms. The molecule has 0 amide bonds. The van der Waals surface area contributed by atoms with Crippen LogP contribution in [0, 0.1) is 5.82 Å². The zero-order valence-corrected chi connectivity index (χ0v) is 16.5. The van der Waals surface area contributed by atoms with E-state index in [0.717, 1.165) is 41.9 Å². The van der Waals surface area contributed by atoms with Gasteiger partial charge in [0.05, 0.1) is 25.6 Å². The topological polar surface area (TPSA) is 48.6 Å². The third kappa shape index (κ3) is 3.53. The van der Waals surface area contributed by atoms with Crippen molar-refractivity contribution in [3.63, 3.8) is 0 Å². The van der Waals surface area contributed by atoms with E-state index in [1.165, 1.54) is 17.7 Å². The van der Waals surface area contributed by atoms with E-state index in [4.69, 9.17) is 9.47 Å². The molecule has 0 aliphatic carbocycles. The molecule has 0 saturated heterocycles. The van der Waals surface area contributed by atoms with E-state index < -0.39 is 0 Å². The lowest BCUT2D eigenvalue weighted by Crippen LogP contribution is -1.99. The van der Waals surface area contributed by atoms with Crippen LogP contribution in [0.2, 0.25) is 0 Å². The summed E-state index contributed by atoms with van der Waals surface area (Å²) in [5.41, 5.74) is 4.78. The molecule has 1 aliphatic rings. The van der Waals surface area contributed by atoms with Crippen molar-refractivity contribution >= 4 is 18.2 Å². The standard InChI is InChI=1S/C23H22FN3O2/c1-4-19-22-18-13-21(29-3)20(28-2)12-16(18)6-5-11-27(22)23(26-19)25-14-15-7-9-17(24)10-8-15/h4,7-10,12-14H,1,5-6,11H2,2-3H3/b25-14+. The van der Waals surface area contributed by atoms with Crippen molar-refractivity contribution in [2.45, 2.75) is 19.4 Å². The van der Waals surface area contributed by atoms with Gasteiger partial charge in [-0.2, -0.15) is 0 Å². The number of methoxy groups -OCH3 is 2. The highest BCUT2D eigenvalue weighted by molar-refractivity contribution is 5.82. The van der Waals surface area contributed by atoms with Gasteiger partial charge in [-0.1, -0.05) is 18.7 Å². The van der Waals surface area contributed by atoms with Gasteiger partial charge in [0.25, 0.3) is 0 Å². The number of imidazole rings is 1. The first kappa shape index (κ1) is 18.9. The van der Waals surface area contributed by atoms with Gasteiger partial charge in [-0.15, -0.1) is 0 Å². The van der Waals surface area contributed by atoms with Crippen LogP contribution < -0.4 is 9.47 Å². The minimum Gasteiger partial charge on any atom is -0.493 e. The molecular weight excluding hydrogens is 369 g/mol. The van der Waals surface area contributed by atoms with Gasteiger partial charge in [0.1, 0.15) is 5.82 Å². The number of aromatic nitrogens is 2. The summed E-state index contributed by atoms with van der Waals surface area (Å²) in [7, 11) is 3.27. The maximum absolute atomic E-state index is 13.1. The zero-order chi connectivity index (χ0) is 20.4. The summed E-state index contributed by atoms with van der Waals surface area (Å²) in [5.74, 6) is 1.72. The van der Waals surface area contributed by atoms with Crippen molar-refractivity contribution in [1.29, 1.82) is 0 Å². The van der Waals surface area contributed by atoms with E-state index in [9.17, 15) is 4.39 Å². The molecule has 6 heteroatoms. The fourth-order valence-electron chi connectivity index (χ4n) is 3.65. The second kappa shape index (κ2) is 7.91. The number of fused-ring (bicyclic) bond motifs is 3. The van der Waals surface area contributed by atoms with Gasteiger partial charge in [-0.3, -0.25) is 0 Å². The number of hydrogen-bond donors (Lipinski definition) is 0. The molecule has 0 atom stereocenters. The summed E-state index contributed by atoms with van der Waals surface area (Å²) in [4.78, 5) is 9.26. The number of aliphatic imine (C=N–C) groups is 1. The van der Waals surface area contributed by atoms with Crippen LogP contribution in [-0.2, 0) is 13.0 Å². The Kier molecular flexibility index (Phi) is 5.16. The zero-order valence-electron chi connectivity index (χ0n) is 16.5. The van der Waals surface area contributed by atoms with E-state index in [-0.39, 0.29) is 5.82 Å². The van der Waals surface area contributed by atoms with Gasteiger partial charge in [0.15, 0.2) is 11.5 Å². The molecule has 5 nitrogen and oxygen atoms in total. The molecule has 0 saturated carbocycles. The van der Waals surface area contributed by atoms with E-state index in [0.29, 0.717) is 17.4 Å². The highest BCUT2D eigenvalue weighted by Crippen LogP contribution is 2.41. The SMILES string of the molecule is C=Cc1nc(/N=C/c2ccc(F)cc2)n2c1-c1cc(OC)c(OC)cc1CCC2. The monoisotopic (exact) mass is 391 g/mol. The summed E-state index contributed by atoms with van der Waals surface area (Å²) in [5, 5.41) is 0. The molecular formula is C23H22FN3O2. The lowest BCUT2D eigenvalue weighted by atomic mass is 9.99. The molecule has 2 heterocycles. The van der Waals surface area contributed by atoms with Gasteiger partial charge in [0, 0.05) is 18.3 Å². The Morgan fingerprint density at radius 2 is 1.86 bits per heavy atom. The second-order valence-electron chi connectivity index (χ2n) is 6.78. The summed E-state index contributed by atoms with van der Waals surface area (Å²) in [6.07, 6.45) is 5.30. The molecule has 4 rings (SSSR count). The largest absolute Gasteiger partial charge is 0.493 e. The number of benzene rings is 2. The Labute approximate surface area is 169 Å². The van der Waals surface area contributed by atoms with E-state index in [1.807, 2.05) is 12.1 Å². The number of rotatable bonds is 5. The smallest absolute Gasteiger partial charge is 0.230 e. The van der Waals surface area contributed by atoms with Gasteiger partial charge >= 0.3 is 0 Å². The number of nitrogens with zero attached hydrogens (tertiary/aromatic N) is 3. The number of halogens is 1. The molecule has 1 aliphatic heterocycles. The minimum absolute atomic E-state index is 0.272. The number of hydrogen-bond acceptors (Lipinski definition) is 4. The quantitative estimate of drug-likeness (QED) is 0.572. The van der Waals surface area contributed by atoms with E-state index in [1.54, 1.807) is 38.6 Å². The molecule has 0 spiro atoms. The lowest BCUT2D eigenvalue weighted by Gasteiger charge is -2.14. The number of ether oxygens (including phenoxy) is 2. The summed E-state index contributed by atoms with van der Waals surface area (Å²) in [6.45, 7) is 4.72. The molecule has 0 N–H and O–H groups in total. The van der Waals surface area contributed by atoms with Crippen LogP contribution in [-0.4, -0.2) is 30.0 Å². The highest BCUT2D eigenvalue weighted by Gasteiger charge is 2.23. The molecule has 148 valence electrons. The maximum atomic E-state index is 13.1. The molecule has 2 aromatic carbocycles. The van der Waals surface area contributed by atoms with Crippen LogP contribution in [0.5, 0.6) is 11.5 Å². The molecule has 0 fully saturated rings. The summed E-state index contributed by atoms with van der Waals surface area (Å²) in [6, 6.07) is 10.2.